The summed E-state index contributed by atoms with van der Waals surface area (Å²) in [7, 11) is 1.69. The van der Waals surface area contributed by atoms with Crippen LogP contribution in [0.5, 0.6) is 0 Å². The maximum atomic E-state index is 12.1. The number of hydrogen-bond acceptors (Lipinski definition) is 10. The molecular weight excluding hydrogens is 558 g/mol. The highest BCUT2D eigenvalue weighted by Crippen LogP contribution is 2.50. The van der Waals surface area contributed by atoms with Crippen molar-refractivity contribution in [3.8, 4) is 0 Å². The molecule has 0 unspecified atom stereocenters. The normalized spacial score (nSPS) is 19.0. The molecule has 1 fully saturated rings. The predicted molar refractivity (Wildman–Crippen MR) is 163 cm³/mol. The molecule has 2 aliphatic rings. The van der Waals surface area contributed by atoms with E-state index in [2.05, 4.69) is 10.1 Å². The first-order valence-electron chi connectivity index (χ1n) is 12.9. The van der Waals surface area contributed by atoms with E-state index in [1.807, 2.05) is 84.6 Å². The van der Waals surface area contributed by atoms with E-state index in [0.717, 1.165) is 17.2 Å². The first-order chi connectivity index (χ1) is 20.4. The van der Waals surface area contributed by atoms with Crippen LogP contribution in [0.1, 0.15) is 28.6 Å². The van der Waals surface area contributed by atoms with Crippen molar-refractivity contribution in [2.24, 2.45) is 10.1 Å². The van der Waals surface area contributed by atoms with Crippen LogP contribution in [0.2, 0.25) is 0 Å². The number of nitro groups is 2. The standard InChI is InChI=1S/C29H23N7O5S/c1-18-25(24(41-32-18)16-13-19-9-5-3-6-10-19)33-28-27(42-29(33)30-2)26(20-11-7-4-8-12-20)34(31-28)22-15-14-21(35(37)38)17-23(22)36(39)40/h3-17,26-27H,1-2H3/b16-13+,30-29?/t26-,27-/m1/s1. The summed E-state index contributed by atoms with van der Waals surface area (Å²) in [6.07, 6.45) is 3.75. The molecule has 3 aromatic carbocycles. The smallest absolute Gasteiger partial charge is 0.301 e. The van der Waals surface area contributed by atoms with Gasteiger partial charge >= 0.3 is 5.69 Å². The maximum Gasteiger partial charge on any atom is 0.301 e. The number of rotatable bonds is 7. The van der Waals surface area contributed by atoms with Crippen LogP contribution in [0.15, 0.2) is 93.5 Å². The van der Waals surface area contributed by atoms with Gasteiger partial charge in [-0.3, -0.25) is 30.1 Å². The third-order valence-corrected chi connectivity index (χ3v) is 8.22. The second-order valence-electron chi connectivity index (χ2n) is 9.45. The van der Waals surface area contributed by atoms with Crippen molar-refractivity contribution in [2.75, 3.05) is 17.0 Å². The molecule has 1 aromatic heterocycles. The maximum absolute atomic E-state index is 12.1. The number of nitrogens with zero attached hydrogens (tertiary/aromatic N) is 7. The number of aromatic nitrogens is 1. The number of fused-ring (bicyclic) bond motifs is 1. The van der Waals surface area contributed by atoms with Gasteiger partial charge in [-0.05, 0) is 30.2 Å². The quantitative estimate of drug-likeness (QED) is 0.178. The Morgan fingerprint density at radius 3 is 2.36 bits per heavy atom. The summed E-state index contributed by atoms with van der Waals surface area (Å²) >= 11 is 1.47. The Morgan fingerprint density at radius 1 is 0.976 bits per heavy atom. The number of aryl methyl sites for hydroxylation is 1. The Kier molecular flexibility index (Phi) is 7.00. The molecule has 3 heterocycles. The van der Waals surface area contributed by atoms with Crippen LogP contribution in [-0.4, -0.2) is 38.3 Å². The second kappa shape index (κ2) is 10.9. The molecule has 0 spiro atoms. The van der Waals surface area contributed by atoms with Crippen LogP contribution in [0.3, 0.4) is 0 Å². The average Bonchev–Trinajstić information content (AvgIpc) is 3.67. The summed E-state index contributed by atoms with van der Waals surface area (Å²) < 4.78 is 5.72. The Balaban J connectivity index is 1.50. The van der Waals surface area contributed by atoms with Crippen molar-refractivity contribution in [1.82, 2.24) is 5.16 Å². The first-order valence-corrected chi connectivity index (χ1v) is 13.7. The molecule has 210 valence electrons. The minimum atomic E-state index is -0.656. The zero-order valence-corrected chi connectivity index (χ0v) is 23.2. The summed E-state index contributed by atoms with van der Waals surface area (Å²) in [6, 6.07) is 22.4. The lowest BCUT2D eigenvalue weighted by Gasteiger charge is -2.26. The number of benzene rings is 3. The van der Waals surface area contributed by atoms with Crippen molar-refractivity contribution in [3.63, 3.8) is 0 Å². The molecule has 1 saturated heterocycles. The van der Waals surface area contributed by atoms with E-state index in [9.17, 15) is 20.2 Å². The SMILES string of the molecule is CN=C1S[C@H]2C(=NN(c3ccc([N+](=O)[O-])cc3[N+](=O)[O-])[C@@H]2c2ccccc2)N1c1c(C)noc1/C=C/c1ccccc1. The lowest BCUT2D eigenvalue weighted by molar-refractivity contribution is -0.393. The van der Waals surface area contributed by atoms with Crippen LogP contribution in [0, 0.1) is 27.2 Å². The van der Waals surface area contributed by atoms with Gasteiger partial charge in [0.05, 0.1) is 27.2 Å². The topological polar surface area (TPSA) is 144 Å². The molecule has 0 aliphatic carbocycles. The van der Waals surface area contributed by atoms with Crippen molar-refractivity contribution >= 4 is 57.7 Å². The van der Waals surface area contributed by atoms with Crippen LogP contribution < -0.4 is 9.91 Å². The number of anilines is 2. The summed E-state index contributed by atoms with van der Waals surface area (Å²) in [5.41, 5.74) is 2.47. The zero-order valence-electron chi connectivity index (χ0n) is 22.4. The first kappa shape index (κ1) is 26.9. The second-order valence-corrected chi connectivity index (χ2v) is 10.6. The number of aliphatic imine (C=N–C) groups is 1. The fraction of sp³-hybridized carbons (Fsp3) is 0.138. The summed E-state index contributed by atoms with van der Waals surface area (Å²) in [4.78, 5) is 28.7. The van der Waals surface area contributed by atoms with Crippen LogP contribution in [0.4, 0.5) is 22.7 Å². The number of nitro benzene ring substituents is 2. The van der Waals surface area contributed by atoms with Gasteiger partial charge in [0.2, 0.25) is 0 Å². The fourth-order valence-corrected chi connectivity index (χ4v) is 6.33. The fourth-order valence-electron chi connectivity index (χ4n) is 5.05. The third kappa shape index (κ3) is 4.69. The molecule has 13 heteroatoms. The van der Waals surface area contributed by atoms with E-state index in [-0.39, 0.29) is 16.6 Å². The van der Waals surface area contributed by atoms with E-state index in [0.29, 0.717) is 28.1 Å². The number of non-ortho nitro benzene ring substituents is 1. The number of hydrogen-bond donors (Lipinski definition) is 0. The number of thioether (sulfide) groups is 1. The molecule has 4 aromatic rings. The summed E-state index contributed by atoms with van der Waals surface area (Å²) in [5, 5.41) is 34.6. The monoisotopic (exact) mass is 581 g/mol. The average molecular weight is 582 g/mol. The summed E-state index contributed by atoms with van der Waals surface area (Å²) in [6.45, 7) is 1.83. The summed E-state index contributed by atoms with van der Waals surface area (Å²) in [5.74, 6) is 1.08. The molecule has 6 rings (SSSR count). The van der Waals surface area contributed by atoms with Gasteiger partial charge in [-0.1, -0.05) is 83.7 Å². The molecule has 0 N–H and O–H groups in total. The Labute approximate surface area is 243 Å². The molecule has 2 aliphatic heterocycles. The van der Waals surface area contributed by atoms with Crippen molar-refractivity contribution in [3.05, 3.63) is 122 Å². The van der Waals surface area contributed by atoms with Gasteiger partial charge in [0, 0.05) is 13.1 Å². The zero-order chi connectivity index (χ0) is 29.4. The number of hydrazone groups is 1. The lowest BCUT2D eigenvalue weighted by Crippen LogP contribution is -2.32. The van der Waals surface area contributed by atoms with E-state index in [1.54, 1.807) is 12.1 Å². The van der Waals surface area contributed by atoms with Crippen molar-refractivity contribution in [2.45, 2.75) is 18.2 Å². The molecule has 0 bridgehead atoms. The molecule has 12 nitrogen and oxygen atoms in total. The van der Waals surface area contributed by atoms with Crippen LogP contribution >= 0.6 is 11.8 Å². The molecule has 2 atom stereocenters. The van der Waals surface area contributed by atoms with E-state index in [1.165, 1.54) is 23.9 Å². The van der Waals surface area contributed by atoms with Gasteiger partial charge in [0.25, 0.3) is 5.69 Å². The number of amidine groups is 2. The molecular formula is C29H23N7O5S. The highest BCUT2D eigenvalue weighted by atomic mass is 32.2. The molecule has 0 saturated carbocycles. The highest BCUT2D eigenvalue weighted by Gasteiger charge is 2.51. The van der Waals surface area contributed by atoms with Gasteiger partial charge in [-0.2, -0.15) is 5.10 Å². The highest BCUT2D eigenvalue weighted by molar-refractivity contribution is 8.16. The Bertz CT molecular complexity index is 1770. The minimum Gasteiger partial charge on any atom is -0.354 e. The molecule has 0 radical (unpaired) electrons. The van der Waals surface area contributed by atoms with Gasteiger partial charge in [-0.25, -0.2) is 5.01 Å². The third-order valence-electron chi connectivity index (χ3n) is 6.92. The van der Waals surface area contributed by atoms with Gasteiger partial charge < -0.3 is 4.52 Å². The van der Waals surface area contributed by atoms with Gasteiger partial charge in [0.15, 0.2) is 16.8 Å². The Hall–Kier alpha value is -5.30. The van der Waals surface area contributed by atoms with Crippen molar-refractivity contribution in [1.29, 1.82) is 0 Å². The Morgan fingerprint density at radius 2 is 1.69 bits per heavy atom. The van der Waals surface area contributed by atoms with Crippen LogP contribution in [-0.2, 0) is 0 Å². The van der Waals surface area contributed by atoms with Crippen LogP contribution in [0.25, 0.3) is 12.2 Å². The molecule has 42 heavy (non-hydrogen) atoms. The van der Waals surface area contributed by atoms with E-state index >= 15 is 0 Å². The lowest BCUT2D eigenvalue weighted by atomic mass is 10.0. The van der Waals surface area contributed by atoms with Gasteiger partial charge in [0.1, 0.15) is 17.1 Å². The van der Waals surface area contributed by atoms with E-state index < -0.39 is 21.6 Å². The van der Waals surface area contributed by atoms with Gasteiger partial charge in [-0.15, -0.1) is 0 Å². The molecule has 0 amide bonds. The van der Waals surface area contributed by atoms with E-state index in [4.69, 9.17) is 9.62 Å². The predicted octanol–water partition coefficient (Wildman–Crippen LogP) is 6.45. The minimum absolute atomic E-state index is 0.142. The largest absolute Gasteiger partial charge is 0.354 e. The van der Waals surface area contributed by atoms with Crippen molar-refractivity contribution < 1.29 is 14.4 Å².